The summed E-state index contributed by atoms with van der Waals surface area (Å²) in [5, 5.41) is 13.8. The number of ether oxygens (including phenoxy) is 1. The lowest BCUT2D eigenvalue weighted by Crippen LogP contribution is -2.47. The summed E-state index contributed by atoms with van der Waals surface area (Å²) in [6.07, 6.45) is 6.56. The molecule has 0 saturated heterocycles. The molecule has 1 saturated carbocycles. The molecule has 2 aliphatic carbocycles. The molecule has 0 amide bonds. The Morgan fingerprint density at radius 3 is 2.89 bits per heavy atom. The predicted octanol–water partition coefficient (Wildman–Crippen LogP) is 2.58. The third kappa shape index (κ3) is 2.63. The fourth-order valence-electron chi connectivity index (χ4n) is 3.20. The Hall–Kier alpha value is -1.06. The Labute approximate surface area is 115 Å². The molecule has 0 aliphatic heterocycles. The molecule has 0 heterocycles. The van der Waals surface area contributed by atoms with Crippen LogP contribution < -0.4 is 10.1 Å². The van der Waals surface area contributed by atoms with Gasteiger partial charge in [0.15, 0.2) is 0 Å². The minimum absolute atomic E-state index is 0.388. The van der Waals surface area contributed by atoms with Gasteiger partial charge in [-0.25, -0.2) is 0 Å². The molecular formula is C16H23NO2. The first-order valence-corrected chi connectivity index (χ1v) is 7.33. The van der Waals surface area contributed by atoms with Crippen molar-refractivity contribution in [3.05, 3.63) is 29.3 Å². The number of fused-ring (bicyclic) bond motifs is 1. The molecule has 2 N–H and O–H groups in total. The number of rotatable bonds is 4. The van der Waals surface area contributed by atoms with Crippen LogP contribution in [-0.2, 0) is 6.42 Å². The SMILES string of the molecule is COc1ccc2c(c1)CCCC2NCC1(O)CCC1. The van der Waals surface area contributed by atoms with Crippen molar-refractivity contribution in [1.29, 1.82) is 0 Å². The number of benzene rings is 1. The van der Waals surface area contributed by atoms with Crippen molar-refractivity contribution >= 4 is 0 Å². The van der Waals surface area contributed by atoms with Crippen molar-refractivity contribution in [2.75, 3.05) is 13.7 Å². The van der Waals surface area contributed by atoms with Crippen LogP contribution in [0, 0.1) is 0 Å². The smallest absolute Gasteiger partial charge is 0.119 e. The molecule has 0 bridgehead atoms. The summed E-state index contributed by atoms with van der Waals surface area (Å²) < 4.78 is 5.30. The van der Waals surface area contributed by atoms with Crippen LogP contribution in [0.4, 0.5) is 0 Å². The van der Waals surface area contributed by atoms with Gasteiger partial charge in [0.25, 0.3) is 0 Å². The molecule has 19 heavy (non-hydrogen) atoms. The number of nitrogens with one attached hydrogen (secondary N) is 1. The van der Waals surface area contributed by atoms with Crippen molar-refractivity contribution in [3.63, 3.8) is 0 Å². The van der Waals surface area contributed by atoms with Crippen molar-refractivity contribution in [2.24, 2.45) is 0 Å². The van der Waals surface area contributed by atoms with Crippen LogP contribution >= 0.6 is 0 Å². The average molecular weight is 261 g/mol. The van der Waals surface area contributed by atoms with E-state index in [1.807, 2.05) is 6.07 Å². The normalized spacial score (nSPS) is 24.4. The fraction of sp³-hybridized carbons (Fsp3) is 0.625. The van der Waals surface area contributed by atoms with Crippen molar-refractivity contribution in [1.82, 2.24) is 5.32 Å². The second kappa shape index (κ2) is 5.14. The fourth-order valence-corrected chi connectivity index (χ4v) is 3.20. The summed E-state index contributed by atoms with van der Waals surface area (Å²) in [6.45, 7) is 0.725. The van der Waals surface area contributed by atoms with E-state index >= 15 is 0 Å². The molecule has 104 valence electrons. The topological polar surface area (TPSA) is 41.5 Å². The molecule has 2 aliphatic rings. The van der Waals surface area contributed by atoms with E-state index in [2.05, 4.69) is 17.4 Å². The van der Waals surface area contributed by atoms with E-state index in [4.69, 9.17) is 4.74 Å². The van der Waals surface area contributed by atoms with Gasteiger partial charge >= 0.3 is 0 Å². The second-order valence-electron chi connectivity index (χ2n) is 5.97. The molecule has 1 aromatic rings. The number of aryl methyl sites for hydroxylation is 1. The molecule has 3 nitrogen and oxygen atoms in total. The number of hydrogen-bond donors (Lipinski definition) is 2. The Bertz CT molecular complexity index is 454. The van der Waals surface area contributed by atoms with Gasteiger partial charge in [-0.2, -0.15) is 0 Å². The maximum atomic E-state index is 10.2. The number of hydrogen-bond acceptors (Lipinski definition) is 3. The molecule has 3 rings (SSSR count). The van der Waals surface area contributed by atoms with E-state index in [0.717, 1.165) is 44.4 Å². The molecule has 1 unspecified atom stereocenters. The zero-order chi connectivity index (χ0) is 13.3. The van der Waals surface area contributed by atoms with Gasteiger partial charge in [0.2, 0.25) is 0 Å². The van der Waals surface area contributed by atoms with Crippen molar-refractivity contribution < 1.29 is 9.84 Å². The Kier molecular flexibility index (Phi) is 3.50. The van der Waals surface area contributed by atoms with Crippen LogP contribution in [0.3, 0.4) is 0 Å². The van der Waals surface area contributed by atoms with E-state index in [0.29, 0.717) is 6.04 Å². The van der Waals surface area contributed by atoms with E-state index < -0.39 is 5.60 Å². The van der Waals surface area contributed by atoms with Crippen LogP contribution in [0.15, 0.2) is 18.2 Å². The highest BCUT2D eigenvalue weighted by molar-refractivity contribution is 5.39. The van der Waals surface area contributed by atoms with E-state index in [-0.39, 0.29) is 0 Å². The van der Waals surface area contributed by atoms with Gasteiger partial charge in [-0.15, -0.1) is 0 Å². The number of methoxy groups -OCH3 is 1. The molecule has 0 aromatic heterocycles. The van der Waals surface area contributed by atoms with Crippen LogP contribution in [-0.4, -0.2) is 24.4 Å². The zero-order valence-electron chi connectivity index (χ0n) is 11.6. The summed E-state index contributed by atoms with van der Waals surface area (Å²) in [6, 6.07) is 6.76. The Morgan fingerprint density at radius 1 is 1.37 bits per heavy atom. The second-order valence-corrected chi connectivity index (χ2v) is 5.97. The summed E-state index contributed by atoms with van der Waals surface area (Å²) >= 11 is 0. The number of aliphatic hydroxyl groups is 1. The molecule has 0 radical (unpaired) electrons. The van der Waals surface area contributed by atoms with Gasteiger partial charge in [-0.3, -0.25) is 0 Å². The largest absolute Gasteiger partial charge is 0.497 e. The molecular weight excluding hydrogens is 238 g/mol. The first-order chi connectivity index (χ1) is 9.20. The Morgan fingerprint density at radius 2 is 2.21 bits per heavy atom. The lowest BCUT2D eigenvalue weighted by molar-refractivity contribution is -0.0336. The highest BCUT2D eigenvalue weighted by Crippen LogP contribution is 2.35. The highest BCUT2D eigenvalue weighted by Gasteiger charge is 2.35. The predicted molar refractivity (Wildman–Crippen MR) is 75.5 cm³/mol. The standard InChI is InChI=1S/C16H23NO2/c1-19-13-6-7-14-12(10-13)4-2-5-15(14)17-11-16(18)8-3-9-16/h6-7,10,15,17-18H,2-5,8-9,11H2,1H3. The lowest BCUT2D eigenvalue weighted by atomic mass is 9.79. The summed E-state index contributed by atoms with van der Waals surface area (Å²) in [5.74, 6) is 0.942. The molecule has 1 atom stereocenters. The summed E-state index contributed by atoms with van der Waals surface area (Å²) in [5.41, 5.74) is 2.34. The molecule has 0 spiro atoms. The molecule has 1 aromatic carbocycles. The van der Waals surface area contributed by atoms with Crippen LogP contribution in [0.5, 0.6) is 5.75 Å². The molecule has 3 heteroatoms. The van der Waals surface area contributed by atoms with Crippen LogP contribution in [0.2, 0.25) is 0 Å². The highest BCUT2D eigenvalue weighted by atomic mass is 16.5. The van der Waals surface area contributed by atoms with Gasteiger partial charge in [-0.05, 0) is 61.8 Å². The van der Waals surface area contributed by atoms with E-state index in [9.17, 15) is 5.11 Å². The maximum absolute atomic E-state index is 10.2. The minimum Gasteiger partial charge on any atom is -0.497 e. The van der Waals surface area contributed by atoms with Gasteiger partial charge in [0.1, 0.15) is 5.75 Å². The summed E-state index contributed by atoms with van der Waals surface area (Å²) in [7, 11) is 1.71. The van der Waals surface area contributed by atoms with Crippen LogP contribution in [0.25, 0.3) is 0 Å². The first-order valence-electron chi connectivity index (χ1n) is 7.33. The van der Waals surface area contributed by atoms with Gasteiger partial charge in [0, 0.05) is 12.6 Å². The third-order valence-electron chi connectivity index (χ3n) is 4.63. The zero-order valence-corrected chi connectivity index (χ0v) is 11.6. The van der Waals surface area contributed by atoms with Crippen molar-refractivity contribution in [3.8, 4) is 5.75 Å². The lowest BCUT2D eigenvalue weighted by Gasteiger charge is -2.39. The van der Waals surface area contributed by atoms with Gasteiger partial charge in [-0.1, -0.05) is 6.07 Å². The summed E-state index contributed by atoms with van der Waals surface area (Å²) in [4.78, 5) is 0. The third-order valence-corrected chi connectivity index (χ3v) is 4.63. The van der Waals surface area contributed by atoms with Crippen LogP contribution in [0.1, 0.15) is 49.3 Å². The Balaban J connectivity index is 1.71. The van der Waals surface area contributed by atoms with Crippen molar-refractivity contribution in [2.45, 2.75) is 50.2 Å². The van der Waals surface area contributed by atoms with Gasteiger partial charge < -0.3 is 15.2 Å². The quantitative estimate of drug-likeness (QED) is 0.875. The van der Waals surface area contributed by atoms with Gasteiger partial charge in [0.05, 0.1) is 12.7 Å². The van der Waals surface area contributed by atoms with E-state index in [1.54, 1.807) is 7.11 Å². The molecule has 1 fully saturated rings. The average Bonchev–Trinajstić information content (AvgIpc) is 2.42. The monoisotopic (exact) mass is 261 g/mol. The maximum Gasteiger partial charge on any atom is 0.119 e. The first kappa shape index (κ1) is 12.9. The van der Waals surface area contributed by atoms with E-state index in [1.165, 1.54) is 17.5 Å². The minimum atomic E-state index is -0.440.